The van der Waals surface area contributed by atoms with Crippen molar-refractivity contribution in [1.29, 1.82) is 0 Å². The SMILES string of the molecule is COc1ccc(S(=O)(=O)N(C)C)cc1NC(=O)CN1CCc2sccc2[C@@H]1C. The Balaban J connectivity index is 1.77. The molecule has 1 amide bonds. The quantitative estimate of drug-likeness (QED) is 0.773. The van der Waals surface area contributed by atoms with Crippen molar-refractivity contribution in [2.45, 2.75) is 24.3 Å². The third kappa shape index (κ3) is 4.07. The number of carbonyl (C=O) groups is 1. The van der Waals surface area contributed by atoms with Crippen molar-refractivity contribution < 1.29 is 17.9 Å². The highest BCUT2D eigenvalue weighted by molar-refractivity contribution is 7.89. The Labute approximate surface area is 170 Å². The molecule has 1 atom stereocenters. The summed E-state index contributed by atoms with van der Waals surface area (Å²) in [5.41, 5.74) is 1.62. The largest absolute Gasteiger partial charge is 0.495 e. The van der Waals surface area contributed by atoms with E-state index in [0.717, 1.165) is 17.3 Å². The molecule has 1 aliphatic rings. The van der Waals surface area contributed by atoms with E-state index in [0.29, 0.717) is 11.4 Å². The van der Waals surface area contributed by atoms with Crippen LogP contribution in [0.2, 0.25) is 0 Å². The molecule has 9 heteroatoms. The van der Waals surface area contributed by atoms with Gasteiger partial charge >= 0.3 is 0 Å². The summed E-state index contributed by atoms with van der Waals surface area (Å²) in [5, 5.41) is 4.90. The molecule has 0 saturated heterocycles. The van der Waals surface area contributed by atoms with E-state index < -0.39 is 10.0 Å². The zero-order valence-corrected chi connectivity index (χ0v) is 18.1. The molecule has 7 nitrogen and oxygen atoms in total. The van der Waals surface area contributed by atoms with Crippen molar-refractivity contribution in [2.24, 2.45) is 0 Å². The lowest BCUT2D eigenvalue weighted by Crippen LogP contribution is -2.39. The van der Waals surface area contributed by atoms with Crippen LogP contribution in [0.4, 0.5) is 5.69 Å². The minimum atomic E-state index is -3.61. The highest BCUT2D eigenvalue weighted by atomic mass is 32.2. The molecule has 152 valence electrons. The van der Waals surface area contributed by atoms with Gasteiger partial charge in [-0.1, -0.05) is 0 Å². The molecule has 0 bridgehead atoms. The Morgan fingerprint density at radius 3 is 2.79 bits per heavy atom. The lowest BCUT2D eigenvalue weighted by atomic mass is 10.0. The van der Waals surface area contributed by atoms with Gasteiger partial charge in [0.25, 0.3) is 0 Å². The van der Waals surface area contributed by atoms with Crippen LogP contribution in [0.15, 0.2) is 34.5 Å². The van der Waals surface area contributed by atoms with Gasteiger partial charge in [0.05, 0.1) is 24.2 Å². The van der Waals surface area contributed by atoms with Gasteiger partial charge in [-0.15, -0.1) is 11.3 Å². The van der Waals surface area contributed by atoms with Gasteiger partial charge in [0.1, 0.15) is 5.75 Å². The van der Waals surface area contributed by atoms with Crippen molar-refractivity contribution >= 4 is 33.0 Å². The van der Waals surface area contributed by atoms with Gasteiger partial charge in [-0.3, -0.25) is 9.69 Å². The summed E-state index contributed by atoms with van der Waals surface area (Å²) >= 11 is 1.76. The number of methoxy groups -OCH3 is 1. The van der Waals surface area contributed by atoms with E-state index in [-0.39, 0.29) is 23.4 Å². The van der Waals surface area contributed by atoms with E-state index >= 15 is 0 Å². The summed E-state index contributed by atoms with van der Waals surface area (Å²) < 4.78 is 31.2. The smallest absolute Gasteiger partial charge is 0.242 e. The van der Waals surface area contributed by atoms with Crippen molar-refractivity contribution in [3.05, 3.63) is 40.1 Å². The monoisotopic (exact) mass is 423 g/mol. The first-order valence-electron chi connectivity index (χ1n) is 8.94. The number of carbonyl (C=O) groups excluding carboxylic acids is 1. The normalized spacial score (nSPS) is 17.4. The first-order valence-corrected chi connectivity index (χ1v) is 11.3. The number of benzene rings is 1. The topological polar surface area (TPSA) is 79.0 Å². The van der Waals surface area contributed by atoms with E-state index in [1.807, 2.05) is 0 Å². The van der Waals surface area contributed by atoms with Crippen LogP contribution in [-0.2, 0) is 21.2 Å². The summed E-state index contributed by atoms with van der Waals surface area (Å²) in [7, 11) is 0.809. The Morgan fingerprint density at radius 2 is 2.11 bits per heavy atom. The number of nitrogens with zero attached hydrogens (tertiary/aromatic N) is 2. The molecule has 0 saturated carbocycles. The Bertz CT molecular complexity index is 969. The second-order valence-corrected chi connectivity index (χ2v) is 10.0. The molecule has 1 N–H and O–H groups in total. The zero-order valence-electron chi connectivity index (χ0n) is 16.4. The fourth-order valence-electron chi connectivity index (χ4n) is 3.31. The summed E-state index contributed by atoms with van der Waals surface area (Å²) in [6.07, 6.45) is 0.935. The highest BCUT2D eigenvalue weighted by Crippen LogP contribution is 2.33. The molecule has 2 heterocycles. The maximum absolute atomic E-state index is 12.7. The number of fused-ring (bicyclic) bond motifs is 1. The number of ether oxygens (including phenoxy) is 1. The van der Waals surface area contributed by atoms with Crippen LogP contribution in [0.3, 0.4) is 0 Å². The fourth-order valence-corrected chi connectivity index (χ4v) is 5.20. The third-order valence-corrected chi connectivity index (χ3v) is 7.78. The second kappa shape index (κ2) is 8.20. The molecular formula is C19H25N3O4S2. The van der Waals surface area contributed by atoms with Gasteiger partial charge in [-0.25, -0.2) is 12.7 Å². The van der Waals surface area contributed by atoms with E-state index in [1.165, 1.54) is 43.8 Å². The maximum Gasteiger partial charge on any atom is 0.242 e. The number of sulfonamides is 1. The van der Waals surface area contributed by atoms with Crippen LogP contribution in [0, 0.1) is 0 Å². The van der Waals surface area contributed by atoms with E-state index in [1.54, 1.807) is 17.4 Å². The number of hydrogen-bond acceptors (Lipinski definition) is 6. The van der Waals surface area contributed by atoms with Gasteiger partial charge in [0.15, 0.2) is 0 Å². The molecule has 0 spiro atoms. The van der Waals surface area contributed by atoms with Gasteiger partial charge in [-0.05, 0) is 48.6 Å². The lowest BCUT2D eigenvalue weighted by molar-refractivity contribution is -0.117. The zero-order chi connectivity index (χ0) is 20.5. The third-order valence-electron chi connectivity index (χ3n) is 4.97. The summed E-state index contributed by atoms with van der Waals surface area (Å²) in [4.78, 5) is 16.3. The Morgan fingerprint density at radius 1 is 1.36 bits per heavy atom. The number of thiophene rings is 1. The number of nitrogens with one attached hydrogen (secondary N) is 1. The van der Waals surface area contributed by atoms with Gasteiger partial charge in [-0.2, -0.15) is 0 Å². The molecule has 1 aliphatic heterocycles. The maximum atomic E-state index is 12.7. The van der Waals surface area contributed by atoms with Gasteiger partial charge < -0.3 is 10.1 Å². The predicted octanol–water partition coefficient (Wildman–Crippen LogP) is 2.56. The molecule has 28 heavy (non-hydrogen) atoms. The number of amides is 1. The minimum Gasteiger partial charge on any atom is -0.495 e. The lowest BCUT2D eigenvalue weighted by Gasteiger charge is -2.33. The first kappa shape index (κ1) is 20.8. The summed E-state index contributed by atoms with van der Waals surface area (Å²) in [6, 6.07) is 6.74. The molecule has 3 rings (SSSR count). The first-order chi connectivity index (χ1) is 13.2. The molecule has 1 aromatic carbocycles. The highest BCUT2D eigenvalue weighted by Gasteiger charge is 2.26. The van der Waals surface area contributed by atoms with E-state index in [9.17, 15) is 13.2 Å². The number of rotatable bonds is 6. The average Bonchev–Trinajstić information content (AvgIpc) is 3.13. The van der Waals surface area contributed by atoms with Crippen molar-refractivity contribution in [1.82, 2.24) is 9.21 Å². The van der Waals surface area contributed by atoms with Crippen molar-refractivity contribution in [3.63, 3.8) is 0 Å². The standard InChI is InChI=1S/C19H25N3O4S2/c1-13-15-8-10-27-18(15)7-9-22(13)12-19(23)20-16-11-14(5-6-17(16)26-4)28(24,25)21(2)3/h5-6,8,10-11,13H,7,9,12H2,1-4H3,(H,20,23)/t13-/m0/s1. The number of anilines is 1. The molecule has 2 aromatic rings. The fraction of sp³-hybridized carbons (Fsp3) is 0.421. The van der Waals surface area contributed by atoms with Crippen LogP contribution in [0.5, 0.6) is 5.75 Å². The van der Waals surface area contributed by atoms with Gasteiger partial charge in [0, 0.05) is 31.6 Å². The molecule has 0 fully saturated rings. The van der Waals surface area contributed by atoms with E-state index in [2.05, 4.69) is 28.6 Å². The van der Waals surface area contributed by atoms with E-state index in [4.69, 9.17) is 4.74 Å². The molecule has 1 aromatic heterocycles. The second-order valence-electron chi connectivity index (χ2n) is 6.89. The van der Waals surface area contributed by atoms with Crippen LogP contribution >= 0.6 is 11.3 Å². The van der Waals surface area contributed by atoms with Gasteiger partial charge in [0.2, 0.25) is 15.9 Å². The average molecular weight is 424 g/mol. The van der Waals surface area contributed by atoms with Crippen molar-refractivity contribution in [2.75, 3.05) is 39.6 Å². The Kier molecular flexibility index (Phi) is 6.09. The van der Waals surface area contributed by atoms with Crippen LogP contribution in [0.25, 0.3) is 0 Å². The predicted molar refractivity (Wildman–Crippen MR) is 111 cm³/mol. The summed E-state index contributed by atoms with van der Waals surface area (Å²) in [5.74, 6) is 0.209. The minimum absolute atomic E-state index is 0.0999. The van der Waals surface area contributed by atoms with Crippen LogP contribution in [0.1, 0.15) is 23.4 Å². The molecular weight excluding hydrogens is 398 g/mol. The molecule has 0 unspecified atom stereocenters. The van der Waals surface area contributed by atoms with Crippen molar-refractivity contribution in [3.8, 4) is 5.75 Å². The number of hydrogen-bond donors (Lipinski definition) is 1. The van der Waals surface area contributed by atoms with Crippen LogP contribution in [-0.4, -0.2) is 57.8 Å². The Hall–Kier alpha value is -1.94. The van der Waals surface area contributed by atoms with Crippen LogP contribution < -0.4 is 10.1 Å². The molecule has 0 aliphatic carbocycles. The summed E-state index contributed by atoms with van der Waals surface area (Å²) in [6.45, 7) is 3.14. The molecule has 0 radical (unpaired) electrons.